The van der Waals surface area contributed by atoms with E-state index in [9.17, 15) is 9.18 Å². The Labute approximate surface area is 142 Å². The van der Waals surface area contributed by atoms with Crippen molar-refractivity contribution in [3.05, 3.63) is 58.9 Å². The molecule has 3 nitrogen and oxygen atoms in total. The van der Waals surface area contributed by atoms with Crippen molar-refractivity contribution in [3.63, 3.8) is 0 Å². The van der Waals surface area contributed by atoms with Gasteiger partial charge in [-0.1, -0.05) is 24.3 Å². The van der Waals surface area contributed by atoms with E-state index < -0.39 is 5.82 Å². The number of hydrogen-bond acceptors (Lipinski definition) is 2. The molecule has 0 radical (unpaired) electrons. The van der Waals surface area contributed by atoms with Crippen LogP contribution in [0.25, 0.3) is 11.1 Å². The van der Waals surface area contributed by atoms with Crippen LogP contribution in [-0.2, 0) is 0 Å². The number of carbonyl (C=O) groups excluding carboxylic acids is 1. The molecule has 1 saturated heterocycles. The summed E-state index contributed by atoms with van der Waals surface area (Å²) in [5, 5.41) is 0. The number of hydrogen-bond donors (Lipinski definition) is 1. The van der Waals surface area contributed by atoms with Gasteiger partial charge in [-0.3, -0.25) is 4.79 Å². The topological polar surface area (TPSA) is 46.3 Å². The van der Waals surface area contributed by atoms with Crippen molar-refractivity contribution < 1.29 is 9.18 Å². The SMILES string of the molecule is Cc1ccc(-c2ccc(C(=O)N3CCCC(N)C3)c(F)c2)cc1C. The van der Waals surface area contributed by atoms with Crippen LogP contribution in [0.3, 0.4) is 0 Å². The minimum atomic E-state index is -0.477. The van der Waals surface area contributed by atoms with E-state index in [1.807, 2.05) is 38.1 Å². The molecule has 1 aliphatic rings. The number of nitrogens with zero attached hydrogens (tertiary/aromatic N) is 1. The summed E-state index contributed by atoms with van der Waals surface area (Å²) in [6.07, 6.45) is 1.78. The predicted molar refractivity (Wildman–Crippen MR) is 94.4 cm³/mol. The van der Waals surface area contributed by atoms with E-state index in [1.165, 1.54) is 11.6 Å². The summed E-state index contributed by atoms with van der Waals surface area (Å²) in [5.41, 5.74) is 10.1. The first-order chi connectivity index (χ1) is 11.5. The van der Waals surface area contributed by atoms with Gasteiger partial charge in [0.2, 0.25) is 0 Å². The zero-order valence-electron chi connectivity index (χ0n) is 14.2. The van der Waals surface area contributed by atoms with E-state index in [2.05, 4.69) is 0 Å². The van der Waals surface area contributed by atoms with Gasteiger partial charge in [-0.25, -0.2) is 4.39 Å². The zero-order chi connectivity index (χ0) is 17.3. The van der Waals surface area contributed by atoms with E-state index in [-0.39, 0.29) is 17.5 Å². The number of carbonyl (C=O) groups is 1. The first-order valence-electron chi connectivity index (χ1n) is 8.38. The van der Waals surface area contributed by atoms with Crippen LogP contribution in [0.2, 0.25) is 0 Å². The average Bonchev–Trinajstić information content (AvgIpc) is 2.56. The number of likely N-dealkylation sites (tertiary alicyclic amines) is 1. The molecule has 0 bridgehead atoms. The highest BCUT2D eigenvalue weighted by molar-refractivity contribution is 5.95. The summed E-state index contributed by atoms with van der Waals surface area (Å²) in [5.74, 6) is -0.746. The molecule has 0 aromatic heterocycles. The third kappa shape index (κ3) is 3.34. The zero-order valence-corrected chi connectivity index (χ0v) is 14.2. The third-order valence-corrected chi connectivity index (χ3v) is 4.78. The van der Waals surface area contributed by atoms with Crippen LogP contribution in [0.5, 0.6) is 0 Å². The maximum atomic E-state index is 14.5. The molecule has 2 N–H and O–H groups in total. The number of benzene rings is 2. The summed E-state index contributed by atoms with van der Waals surface area (Å²) in [6.45, 7) is 5.22. The molecule has 3 rings (SSSR count). The second kappa shape index (κ2) is 6.73. The van der Waals surface area contributed by atoms with Crippen LogP contribution < -0.4 is 5.73 Å². The first kappa shape index (κ1) is 16.7. The van der Waals surface area contributed by atoms with Crippen molar-refractivity contribution in [2.75, 3.05) is 13.1 Å². The summed E-state index contributed by atoms with van der Waals surface area (Å²) in [4.78, 5) is 14.2. The number of piperidine rings is 1. The smallest absolute Gasteiger partial charge is 0.256 e. The van der Waals surface area contributed by atoms with Gasteiger partial charge in [0.15, 0.2) is 0 Å². The Hall–Kier alpha value is -2.20. The van der Waals surface area contributed by atoms with Gasteiger partial charge in [0.25, 0.3) is 5.91 Å². The molecule has 1 aliphatic heterocycles. The van der Waals surface area contributed by atoms with Crippen molar-refractivity contribution in [3.8, 4) is 11.1 Å². The molecule has 1 heterocycles. The summed E-state index contributed by atoms with van der Waals surface area (Å²) < 4.78 is 14.5. The molecule has 1 amide bonds. The monoisotopic (exact) mass is 326 g/mol. The molecule has 1 unspecified atom stereocenters. The van der Waals surface area contributed by atoms with Crippen molar-refractivity contribution in [2.24, 2.45) is 5.73 Å². The Bertz CT molecular complexity index is 772. The fraction of sp³-hybridized carbons (Fsp3) is 0.350. The standard InChI is InChI=1S/C20H23FN2O/c1-13-5-6-15(10-14(13)2)16-7-8-18(19(21)11-16)20(24)23-9-3-4-17(22)12-23/h5-8,10-11,17H,3-4,9,12,22H2,1-2H3. The summed E-state index contributed by atoms with van der Waals surface area (Å²) in [7, 11) is 0. The van der Waals surface area contributed by atoms with Gasteiger partial charge in [-0.2, -0.15) is 0 Å². The Morgan fingerprint density at radius 2 is 1.83 bits per heavy atom. The van der Waals surface area contributed by atoms with Crippen LogP contribution in [0.1, 0.15) is 34.3 Å². The quantitative estimate of drug-likeness (QED) is 0.915. The fourth-order valence-electron chi connectivity index (χ4n) is 3.15. The minimum Gasteiger partial charge on any atom is -0.337 e. The number of aryl methyl sites for hydroxylation is 2. The largest absolute Gasteiger partial charge is 0.337 e. The van der Waals surface area contributed by atoms with E-state index in [0.717, 1.165) is 29.5 Å². The van der Waals surface area contributed by atoms with Gasteiger partial charge >= 0.3 is 0 Å². The lowest BCUT2D eigenvalue weighted by molar-refractivity contribution is 0.0704. The number of halogens is 1. The Balaban J connectivity index is 1.86. The molecular formula is C20H23FN2O. The van der Waals surface area contributed by atoms with Crippen molar-refractivity contribution in [1.29, 1.82) is 0 Å². The molecule has 1 fully saturated rings. The van der Waals surface area contributed by atoms with Crippen LogP contribution in [0.4, 0.5) is 4.39 Å². The van der Waals surface area contributed by atoms with E-state index >= 15 is 0 Å². The van der Waals surface area contributed by atoms with Crippen molar-refractivity contribution in [1.82, 2.24) is 4.90 Å². The second-order valence-corrected chi connectivity index (χ2v) is 6.65. The van der Waals surface area contributed by atoms with Gasteiger partial charge in [-0.15, -0.1) is 0 Å². The van der Waals surface area contributed by atoms with E-state index in [4.69, 9.17) is 5.73 Å². The molecule has 0 aliphatic carbocycles. The molecule has 4 heteroatoms. The maximum Gasteiger partial charge on any atom is 0.256 e. The summed E-state index contributed by atoms with van der Waals surface area (Å²) >= 11 is 0. The average molecular weight is 326 g/mol. The van der Waals surface area contributed by atoms with Gasteiger partial charge < -0.3 is 10.6 Å². The van der Waals surface area contributed by atoms with E-state index in [0.29, 0.717) is 13.1 Å². The number of amides is 1. The van der Waals surface area contributed by atoms with Crippen molar-refractivity contribution >= 4 is 5.91 Å². The molecule has 2 aromatic carbocycles. The molecule has 0 spiro atoms. The molecule has 2 aromatic rings. The van der Waals surface area contributed by atoms with Crippen LogP contribution in [0, 0.1) is 19.7 Å². The Morgan fingerprint density at radius 3 is 2.50 bits per heavy atom. The minimum absolute atomic E-state index is 0.0134. The molecular weight excluding hydrogens is 303 g/mol. The Morgan fingerprint density at radius 1 is 1.12 bits per heavy atom. The highest BCUT2D eigenvalue weighted by atomic mass is 19.1. The fourth-order valence-corrected chi connectivity index (χ4v) is 3.15. The molecule has 126 valence electrons. The second-order valence-electron chi connectivity index (χ2n) is 6.65. The lowest BCUT2D eigenvalue weighted by Crippen LogP contribution is -2.45. The van der Waals surface area contributed by atoms with Crippen LogP contribution >= 0.6 is 0 Å². The first-order valence-corrected chi connectivity index (χ1v) is 8.38. The number of nitrogens with two attached hydrogens (primary N) is 1. The van der Waals surface area contributed by atoms with Crippen molar-refractivity contribution in [2.45, 2.75) is 32.7 Å². The molecule has 0 saturated carbocycles. The molecule has 1 atom stereocenters. The maximum absolute atomic E-state index is 14.5. The highest BCUT2D eigenvalue weighted by Crippen LogP contribution is 2.25. The van der Waals surface area contributed by atoms with E-state index in [1.54, 1.807) is 11.0 Å². The van der Waals surface area contributed by atoms with Gasteiger partial charge in [-0.05, 0) is 61.1 Å². The lowest BCUT2D eigenvalue weighted by atomic mass is 9.98. The number of rotatable bonds is 2. The van der Waals surface area contributed by atoms with Crippen LogP contribution in [-0.4, -0.2) is 29.9 Å². The Kier molecular flexibility index (Phi) is 4.67. The van der Waals surface area contributed by atoms with Crippen LogP contribution in [0.15, 0.2) is 36.4 Å². The lowest BCUT2D eigenvalue weighted by Gasteiger charge is -2.31. The van der Waals surface area contributed by atoms with Gasteiger partial charge in [0.1, 0.15) is 5.82 Å². The molecule has 24 heavy (non-hydrogen) atoms. The normalized spacial score (nSPS) is 17.8. The van der Waals surface area contributed by atoms with Gasteiger partial charge in [0.05, 0.1) is 5.56 Å². The predicted octanol–water partition coefficient (Wildman–Crippen LogP) is 3.67. The highest BCUT2D eigenvalue weighted by Gasteiger charge is 2.24. The summed E-state index contributed by atoms with van der Waals surface area (Å²) in [6, 6.07) is 10.9. The van der Waals surface area contributed by atoms with Gasteiger partial charge in [0, 0.05) is 19.1 Å². The third-order valence-electron chi connectivity index (χ3n) is 4.78.